The maximum absolute atomic E-state index is 12.1. The SMILES string of the molecule is CCn1ccc(=O)n(Cc2ccc(C#N)cc2Cl)c1=O. The van der Waals surface area contributed by atoms with Crippen molar-refractivity contribution in [1.29, 1.82) is 5.26 Å². The van der Waals surface area contributed by atoms with Gasteiger partial charge in [-0.2, -0.15) is 5.26 Å². The molecule has 0 saturated heterocycles. The average Bonchev–Trinajstić information content (AvgIpc) is 2.45. The first kappa shape index (κ1) is 14.1. The Labute approximate surface area is 120 Å². The minimum atomic E-state index is -0.375. The third kappa shape index (κ3) is 2.65. The molecule has 20 heavy (non-hydrogen) atoms. The second-order valence-corrected chi connectivity index (χ2v) is 4.63. The van der Waals surface area contributed by atoms with Gasteiger partial charge in [0.15, 0.2) is 0 Å². The first-order valence-electron chi connectivity index (χ1n) is 6.05. The van der Waals surface area contributed by atoms with E-state index in [-0.39, 0.29) is 17.8 Å². The van der Waals surface area contributed by atoms with Crippen molar-refractivity contribution in [3.8, 4) is 6.07 Å². The van der Waals surface area contributed by atoms with Crippen molar-refractivity contribution in [2.45, 2.75) is 20.0 Å². The topological polar surface area (TPSA) is 67.8 Å². The Kier molecular flexibility index (Phi) is 4.06. The van der Waals surface area contributed by atoms with Gasteiger partial charge in [0.25, 0.3) is 5.56 Å². The Balaban J connectivity index is 2.48. The molecule has 2 aromatic rings. The van der Waals surface area contributed by atoms with Gasteiger partial charge < -0.3 is 4.57 Å². The molecule has 0 spiro atoms. The van der Waals surface area contributed by atoms with E-state index in [0.29, 0.717) is 22.7 Å². The second-order valence-electron chi connectivity index (χ2n) is 4.23. The van der Waals surface area contributed by atoms with Crippen LogP contribution in [0.3, 0.4) is 0 Å². The number of nitriles is 1. The third-order valence-electron chi connectivity index (χ3n) is 2.99. The minimum absolute atomic E-state index is 0.0864. The van der Waals surface area contributed by atoms with Crippen molar-refractivity contribution in [3.05, 3.63) is 67.4 Å². The van der Waals surface area contributed by atoms with Crippen LogP contribution in [0.25, 0.3) is 0 Å². The van der Waals surface area contributed by atoms with Crippen LogP contribution in [-0.2, 0) is 13.1 Å². The summed E-state index contributed by atoms with van der Waals surface area (Å²) in [5.74, 6) is 0. The van der Waals surface area contributed by atoms with Crippen LogP contribution in [0, 0.1) is 11.3 Å². The molecule has 1 aromatic carbocycles. The molecule has 0 N–H and O–H groups in total. The van der Waals surface area contributed by atoms with Crippen LogP contribution in [0.15, 0.2) is 40.1 Å². The second kappa shape index (κ2) is 5.76. The van der Waals surface area contributed by atoms with Gasteiger partial charge in [0.2, 0.25) is 0 Å². The average molecular weight is 290 g/mol. The van der Waals surface area contributed by atoms with Gasteiger partial charge in [0.1, 0.15) is 0 Å². The smallest absolute Gasteiger partial charge is 0.301 e. The predicted octanol–water partition coefficient (Wildman–Crippen LogP) is 1.60. The van der Waals surface area contributed by atoms with Crippen molar-refractivity contribution in [2.75, 3.05) is 0 Å². The summed E-state index contributed by atoms with van der Waals surface area (Å²) < 4.78 is 2.57. The lowest BCUT2D eigenvalue weighted by Crippen LogP contribution is -2.39. The maximum Gasteiger partial charge on any atom is 0.331 e. The van der Waals surface area contributed by atoms with Crippen LogP contribution in [0.5, 0.6) is 0 Å². The fourth-order valence-corrected chi connectivity index (χ4v) is 2.10. The zero-order chi connectivity index (χ0) is 14.7. The fraction of sp³-hybridized carbons (Fsp3) is 0.214. The quantitative estimate of drug-likeness (QED) is 0.862. The van der Waals surface area contributed by atoms with Gasteiger partial charge in [-0.3, -0.25) is 9.36 Å². The molecule has 0 aliphatic carbocycles. The van der Waals surface area contributed by atoms with Gasteiger partial charge in [-0.1, -0.05) is 17.7 Å². The Morgan fingerprint density at radius 1 is 1.30 bits per heavy atom. The number of halogens is 1. The van der Waals surface area contributed by atoms with Gasteiger partial charge in [0, 0.05) is 23.8 Å². The number of benzene rings is 1. The molecule has 5 nitrogen and oxygen atoms in total. The predicted molar refractivity (Wildman–Crippen MR) is 75.9 cm³/mol. The van der Waals surface area contributed by atoms with E-state index < -0.39 is 0 Å². The van der Waals surface area contributed by atoms with Crippen molar-refractivity contribution in [1.82, 2.24) is 9.13 Å². The first-order chi connectivity index (χ1) is 9.56. The molecule has 6 heteroatoms. The molecular formula is C14H12ClN3O2. The van der Waals surface area contributed by atoms with Gasteiger partial charge in [-0.05, 0) is 24.6 Å². The summed E-state index contributed by atoms with van der Waals surface area (Å²) in [7, 11) is 0. The molecule has 2 rings (SSSR count). The van der Waals surface area contributed by atoms with E-state index >= 15 is 0 Å². The fourth-order valence-electron chi connectivity index (χ4n) is 1.86. The number of nitrogens with zero attached hydrogens (tertiary/aromatic N) is 3. The largest absolute Gasteiger partial charge is 0.331 e. The van der Waals surface area contributed by atoms with Crippen LogP contribution in [-0.4, -0.2) is 9.13 Å². The monoisotopic (exact) mass is 289 g/mol. The molecule has 0 aliphatic heterocycles. The summed E-state index contributed by atoms with van der Waals surface area (Å²) in [5.41, 5.74) is 0.310. The summed E-state index contributed by atoms with van der Waals surface area (Å²) in [5, 5.41) is 9.15. The summed E-state index contributed by atoms with van der Waals surface area (Å²) >= 11 is 6.06. The van der Waals surface area contributed by atoms with Gasteiger partial charge in [-0.15, -0.1) is 0 Å². The van der Waals surface area contributed by atoms with Crippen molar-refractivity contribution < 1.29 is 0 Å². The molecule has 0 saturated carbocycles. The third-order valence-corrected chi connectivity index (χ3v) is 3.34. The number of hydrogen-bond donors (Lipinski definition) is 0. The van der Waals surface area contributed by atoms with E-state index in [2.05, 4.69) is 0 Å². The van der Waals surface area contributed by atoms with Gasteiger partial charge >= 0.3 is 5.69 Å². The summed E-state index contributed by atoms with van der Waals surface area (Å²) in [6.45, 7) is 2.40. The van der Waals surface area contributed by atoms with Crippen LogP contribution in [0.1, 0.15) is 18.1 Å². The zero-order valence-electron chi connectivity index (χ0n) is 10.8. The normalized spacial score (nSPS) is 10.2. The van der Waals surface area contributed by atoms with E-state index in [1.165, 1.54) is 22.9 Å². The number of rotatable bonds is 3. The van der Waals surface area contributed by atoms with E-state index in [9.17, 15) is 9.59 Å². The van der Waals surface area contributed by atoms with Crippen molar-refractivity contribution >= 4 is 11.6 Å². The number of hydrogen-bond acceptors (Lipinski definition) is 3. The van der Waals surface area contributed by atoms with Gasteiger partial charge in [0.05, 0.1) is 18.2 Å². The van der Waals surface area contributed by atoms with E-state index in [1.54, 1.807) is 12.1 Å². The summed E-state index contributed by atoms with van der Waals surface area (Å²) in [4.78, 5) is 23.9. The van der Waals surface area contributed by atoms with Crippen LogP contribution in [0.2, 0.25) is 5.02 Å². The van der Waals surface area contributed by atoms with E-state index in [0.717, 1.165) is 4.57 Å². The molecule has 0 unspecified atom stereocenters. The molecule has 1 heterocycles. The molecule has 0 amide bonds. The van der Waals surface area contributed by atoms with E-state index in [4.69, 9.17) is 16.9 Å². The lowest BCUT2D eigenvalue weighted by molar-refractivity contribution is 0.600. The molecule has 0 bridgehead atoms. The standard InChI is InChI=1S/C14H12ClN3O2/c1-2-17-6-5-13(19)18(14(17)20)9-11-4-3-10(8-16)7-12(11)15/h3-7H,2,9H2,1H3. The summed E-state index contributed by atoms with van der Waals surface area (Å²) in [6.07, 6.45) is 1.47. The number of aryl methyl sites for hydroxylation is 1. The maximum atomic E-state index is 12.1. The Hall–Kier alpha value is -2.32. The molecule has 1 aromatic heterocycles. The van der Waals surface area contributed by atoms with Crippen molar-refractivity contribution in [3.63, 3.8) is 0 Å². The zero-order valence-corrected chi connectivity index (χ0v) is 11.6. The van der Waals surface area contributed by atoms with Gasteiger partial charge in [-0.25, -0.2) is 4.79 Å². The van der Waals surface area contributed by atoms with Crippen LogP contribution >= 0.6 is 11.6 Å². The first-order valence-corrected chi connectivity index (χ1v) is 6.43. The highest BCUT2D eigenvalue weighted by molar-refractivity contribution is 6.31. The highest BCUT2D eigenvalue weighted by atomic mass is 35.5. The Morgan fingerprint density at radius 2 is 2.05 bits per heavy atom. The minimum Gasteiger partial charge on any atom is -0.301 e. The molecule has 0 atom stereocenters. The molecule has 0 radical (unpaired) electrons. The van der Waals surface area contributed by atoms with Crippen LogP contribution < -0.4 is 11.2 Å². The highest BCUT2D eigenvalue weighted by Gasteiger charge is 2.08. The van der Waals surface area contributed by atoms with Crippen LogP contribution in [0.4, 0.5) is 0 Å². The summed E-state index contributed by atoms with van der Waals surface area (Å²) in [6, 6.07) is 8.10. The lowest BCUT2D eigenvalue weighted by Gasteiger charge is -2.09. The van der Waals surface area contributed by atoms with E-state index in [1.807, 2.05) is 13.0 Å². The van der Waals surface area contributed by atoms with Crippen molar-refractivity contribution in [2.24, 2.45) is 0 Å². The number of aromatic nitrogens is 2. The molecule has 0 aliphatic rings. The highest BCUT2D eigenvalue weighted by Crippen LogP contribution is 2.17. The Morgan fingerprint density at radius 3 is 2.65 bits per heavy atom. The molecule has 0 fully saturated rings. The molecular weight excluding hydrogens is 278 g/mol. The Bertz CT molecular complexity index is 799. The lowest BCUT2D eigenvalue weighted by atomic mass is 10.1. The molecule has 102 valence electrons.